The van der Waals surface area contributed by atoms with E-state index in [0.29, 0.717) is 17.9 Å². The van der Waals surface area contributed by atoms with E-state index in [-0.39, 0.29) is 11.6 Å². The van der Waals surface area contributed by atoms with Crippen LogP contribution in [0.4, 0.5) is 0 Å². The summed E-state index contributed by atoms with van der Waals surface area (Å²) in [4.78, 5) is 23.6. The van der Waals surface area contributed by atoms with Crippen molar-refractivity contribution in [3.05, 3.63) is 77.6 Å². The van der Waals surface area contributed by atoms with E-state index in [1.165, 1.54) is 7.11 Å². The molecule has 2 amide bonds. The number of para-hydroxylation sites is 1. The standard InChI is InChI=1S/C19H18N4O3/c1-26-16-12-23(15-5-3-2-4-6-15)22-17(16)19(25)21-11-13-7-9-14(10-8-13)18(20)24/h2-10,12H,11H2,1H3,(H2,20,24)(H,21,25). The van der Waals surface area contributed by atoms with E-state index >= 15 is 0 Å². The molecule has 3 N–H and O–H groups in total. The first kappa shape index (κ1) is 17.2. The van der Waals surface area contributed by atoms with Crippen molar-refractivity contribution in [1.29, 1.82) is 0 Å². The van der Waals surface area contributed by atoms with Crippen molar-refractivity contribution < 1.29 is 14.3 Å². The lowest BCUT2D eigenvalue weighted by Crippen LogP contribution is -2.24. The maximum absolute atomic E-state index is 12.5. The Hall–Kier alpha value is -3.61. The average Bonchev–Trinajstić information content (AvgIpc) is 3.11. The molecule has 132 valence electrons. The van der Waals surface area contributed by atoms with Gasteiger partial charge in [0.2, 0.25) is 5.91 Å². The third kappa shape index (κ3) is 3.72. The lowest BCUT2D eigenvalue weighted by molar-refractivity contribution is 0.0941. The lowest BCUT2D eigenvalue weighted by atomic mass is 10.1. The van der Waals surface area contributed by atoms with Gasteiger partial charge in [-0.3, -0.25) is 9.59 Å². The van der Waals surface area contributed by atoms with E-state index < -0.39 is 5.91 Å². The third-order valence-electron chi connectivity index (χ3n) is 3.83. The number of benzene rings is 2. The molecule has 3 rings (SSSR count). The molecule has 0 fully saturated rings. The normalized spacial score (nSPS) is 10.3. The van der Waals surface area contributed by atoms with E-state index in [2.05, 4.69) is 10.4 Å². The van der Waals surface area contributed by atoms with Gasteiger partial charge >= 0.3 is 0 Å². The van der Waals surface area contributed by atoms with Gasteiger partial charge in [0.05, 0.1) is 19.0 Å². The molecule has 0 aliphatic heterocycles. The molecule has 7 nitrogen and oxygen atoms in total. The van der Waals surface area contributed by atoms with Crippen molar-refractivity contribution in [2.75, 3.05) is 7.11 Å². The van der Waals surface area contributed by atoms with Gasteiger partial charge in [-0.15, -0.1) is 0 Å². The summed E-state index contributed by atoms with van der Waals surface area (Å²) in [7, 11) is 1.49. The molecule has 0 spiro atoms. The summed E-state index contributed by atoms with van der Waals surface area (Å²) in [6.45, 7) is 0.291. The van der Waals surface area contributed by atoms with Crippen molar-refractivity contribution >= 4 is 11.8 Å². The molecule has 0 aliphatic carbocycles. The van der Waals surface area contributed by atoms with Crippen LogP contribution in [0.5, 0.6) is 5.75 Å². The highest BCUT2D eigenvalue weighted by Crippen LogP contribution is 2.19. The van der Waals surface area contributed by atoms with Gasteiger partial charge in [-0.2, -0.15) is 5.10 Å². The SMILES string of the molecule is COc1cn(-c2ccccc2)nc1C(=O)NCc1ccc(C(N)=O)cc1. The Balaban J connectivity index is 1.73. The minimum atomic E-state index is -0.489. The number of hydrogen-bond acceptors (Lipinski definition) is 4. The van der Waals surface area contributed by atoms with Crippen molar-refractivity contribution in [2.24, 2.45) is 5.73 Å². The fourth-order valence-electron chi connectivity index (χ4n) is 2.43. The Bertz CT molecular complexity index is 918. The summed E-state index contributed by atoms with van der Waals surface area (Å²) in [5, 5.41) is 7.11. The van der Waals surface area contributed by atoms with Crippen LogP contribution in [-0.4, -0.2) is 28.7 Å². The highest BCUT2D eigenvalue weighted by Gasteiger charge is 2.18. The molecular formula is C19H18N4O3. The fraction of sp³-hybridized carbons (Fsp3) is 0.105. The van der Waals surface area contributed by atoms with Crippen LogP contribution < -0.4 is 15.8 Å². The number of nitrogens with two attached hydrogens (primary N) is 1. The molecule has 7 heteroatoms. The van der Waals surface area contributed by atoms with Crippen LogP contribution in [0.3, 0.4) is 0 Å². The highest BCUT2D eigenvalue weighted by atomic mass is 16.5. The number of nitrogens with zero attached hydrogens (tertiary/aromatic N) is 2. The van der Waals surface area contributed by atoms with Crippen molar-refractivity contribution in [3.8, 4) is 11.4 Å². The molecule has 0 radical (unpaired) electrons. The van der Waals surface area contributed by atoms with E-state index in [9.17, 15) is 9.59 Å². The Kier molecular flexibility index (Phi) is 4.98. The lowest BCUT2D eigenvalue weighted by Gasteiger charge is -2.05. The number of carbonyl (C=O) groups excluding carboxylic acids is 2. The number of amides is 2. The van der Waals surface area contributed by atoms with Crippen LogP contribution in [0.2, 0.25) is 0 Å². The average molecular weight is 350 g/mol. The van der Waals surface area contributed by atoms with Crippen LogP contribution in [0.1, 0.15) is 26.4 Å². The summed E-state index contributed by atoms with van der Waals surface area (Å²) in [5.74, 6) is -0.456. The summed E-state index contributed by atoms with van der Waals surface area (Å²) < 4.78 is 6.86. The predicted molar refractivity (Wildman–Crippen MR) is 96.2 cm³/mol. The predicted octanol–water partition coefficient (Wildman–Crippen LogP) is 1.91. The number of carbonyl (C=O) groups is 2. The first-order valence-corrected chi connectivity index (χ1v) is 7.94. The number of rotatable bonds is 6. The van der Waals surface area contributed by atoms with E-state index in [1.807, 2.05) is 30.3 Å². The van der Waals surface area contributed by atoms with Gasteiger partial charge in [0.25, 0.3) is 5.91 Å². The summed E-state index contributed by atoms with van der Waals surface area (Å²) in [6.07, 6.45) is 1.66. The van der Waals surface area contributed by atoms with Crippen LogP contribution in [-0.2, 0) is 6.54 Å². The van der Waals surface area contributed by atoms with Crippen molar-refractivity contribution in [1.82, 2.24) is 15.1 Å². The largest absolute Gasteiger partial charge is 0.493 e. The van der Waals surface area contributed by atoms with E-state index in [0.717, 1.165) is 11.3 Å². The van der Waals surface area contributed by atoms with Gasteiger partial charge < -0.3 is 15.8 Å². The second-order valence-corrected chi connectivity index (χ2v) is 5.57. The minimum Gasteiger partial charge on any atom is -0.493 e. The number of primary amides is 1. The van der Waals surface area contributed by atoms with Gasteiger partial charge in [-0.25, -0.2) is 4.68 Å². The van der Waals surface area contributed by atoms with Crippen LogP contribution >= 0.6 is 0 Å². The Morgan fingerprint density at radius 3 is 2.42 bits per heavy atom. The quantitative estimate of drug-likeness (QED) is 0.709. The van der Waals surface area contributed by atoms with E-state index in [1.54, 1.807) is 35.1 Å². The summed E-state index contributed by atoms with van der Waals surface area (Å²) in [5.41, 5.74) is 7.49. The van der Waals surface area contributed by atoms with Crippen LogP contribution in [0, 0.1) is 0 Å². The molecule has 0 bridgehead atoms. The molecule has 1 aromatic heterocycles. The number of nitrogens with one attached hydrogen (secondary N) is 1. The molecule has 0 aliphatic rings. The van der Waals surface area contributed by atoms with Gasteiger partial charge in [0.1, 0.15) is 0 Å². The van der Waals surface area contributed by atoms with Gasteiger partial charge in [-0.05, 0) is 29.8 Å². The Morgan fingerprint density at radius 1 is 1.12 bits per heavy atom. The molecule has 0 atom stereocenters. The zero-order chi connectivity index (χ0) is 18.5. The van der Waals surface area contributed by atoms with Crippen molar-refractivity contribution in [3.63, 3.8) is 0 Å². The highest BCUT2D eigenvalue weighted by molar-refractivity contribution is 5.95. The number of ether oxygens (including phenoxy) is 1. The summed E-state index contributed by atoms with van der Waals surface area (Å²) >= 11 is 0. The fourth-order valence-corrected chi connectivity index (χ4v) is 2.43. The third-order valence-corrected chi connectivity index (χ3v) is 3.83. The molecule has 0 saturated heterocycles. The first-order valence-electron chi connectivity index (χ1n) is 7.94. The molecular weight excluding hydrogens is 332 g/mol. The number of methoxy groups -OCH3 is 1. The molecule has 2 aromatic carbocycles. The van der Waals surface area contributed by atoms with Gasteiger partial charge in [-0.1, -0.05) is 30.3 Å². The molecule has 26 heavy (non-hydrogen) atoms. The van der Waals surface area contributed by atoms with E-state index in [4.69, 9.17) is 10.5 Å². The molecule has 3 aromatic rings. The maximum atomic E-state index is 12.5. The molecule has 0 unspecified atom stereocenters. The zero-order valence-corrected chi connectivity index (χ0v) is 14.2. The van der Waals surface area contributed by atoms with Gasteiger partial charge in [0.15, 0.2) is 11.4 Å². The summed E-state index contributed by atoms with van der Waals surface area (Å²) in [6, 6.07) is 16.2. The first-order chi connectivity index (χ1) is 12.6. The Morgan fingerprint density at radius 2 is 1.81 bits per heavy atom. The second kappa shape index (κ2) is 7.52. The topological polar surface area (TPSA) is 99.2 Å². The zero-order valence-electron chi connectivity index (χ0n) is 14.2. The second-order valence-electron chi connectivity index (χ2n) is 5.57. The Labute approximate surface area is 150 Å². The van der Waals surface area contributed by atoms with Crippen LogP contribution in [0.15, 0.2) is 60.8 Å². The minimum absolute atomic E-state index is 0.199. The number of aromatic nitrogens is 2. The molecule has 1 heterocycles. The maximum Gasteiger partial charge on any atom is 0.275 e. The smallest absolute Gasteiger partial charge is 0.275 e. The van der Waals surface area contributed by atoms with Crippen LogP contribution in [0.25, 0.3) is 5.69 Å². The monoisotopic (exact) mass is 350 g/mol. The van der Waals surface area contributed by atoms with Crippen molar-refractivity contribution in [2.45, 2.75) is 6.54 Å². The van der Waals surface area contributed by atoms with Gasteiger partial charge in [0, 0.05) is 12.1 Å². The molecule has 0 saturated carbocycles. The number of hydrogen-bond donors (Lipinski definition) is 2.